The second-order valence-electron chi connectivity index (χ2n) is 6.86. The number of hydrogen-bond acceptors (Lipinski definition) is 3. The van der Waals surface area contributed by atoms with Crippen molar-refractivity contribution in [1.29, 1.82) is 0 Å². The zero-order valence-corrected chi connectivity index (χ0v) is 19.4. The quantitative estimate of drug-likeness (QED) is 0.169. The lowest BCUT2D eigenvalue weighted by molar-refractivity contribution is 1.11. The summed E-state index contributed by atoms with van der Waals surface area (Å²) in [5.74, 6) is 0.657. The highest BCUT2D eigenvalue weighted by atomic mass is 79.9. The van der Waals surface area contributed by atoms with Crippen LogP contribution in [0.4, 0.5) is 11.4 Å². The zero-order valence-electron chi connectivity index (χ0n) is 17.1. The minimum Gasteiger partial charge on any atom is -0.276 e. The van der Waals surface area contributed by atoms with Crippen LogP contribution in [0.15, 0.2) is 124 Å². The summed E-state index contributed by atoms with van der Waals surface area (Å²) in [6.07, 6.45) is 1.79. The van der Waals surface area contributed by atoms with Crippen LogP contribution in [0.1, 0.15) is 11.1 Å². The van der Waals surface area contributed by atoms with Gasteiger partial charge in [-0.3, -0.25) is 5.43 Å². The van der Waals surface area contributed by atoms with Crippen molar-refractivity contribution in [3.05, 3.63) is 130 Å². The molecule has 4 nitrogen and oxygen atoms in total. The SMILES string of the molecule is Clc1ccc(C=NN(C(=NNc2ccc(Br)cc2)c2ccccc2)c2ccccc2)cc1. The summed E-state index contributed by atoms with van der Waals surface area (Å²) in [7, 11) is 0. The molecule has 0 aliphatic carbocycles. The number of benzene rings is 4. The maximum Gasteiger partial charge on any atom is 0.181 e. The van der Waals surface area contributed by atoms with Crippen LogP contribution in [0.3, 0.4) is 0 Å². The largest absolute Gasteiger partial charge is 0.276 e. The predicted octanol–water partition coefficient (Wildman–Crippen LogP) is 7.42. The van der Waals surface area contributed by atoms with Gasteiger partial charge < -0.3 is 0 Å². The predicted molar refractivity (Wildman–Crippen MR) is 139 cm³/mol. The number of rotatable bonds is 6. The first kappa shape index (κ1) is 21.8. The lowest BCUT2D eigenvalue weighted by Crippen LogP contribution is -2.28. The molecule has 32 heavy (non-hydrogen) atoms. The Balaban J connectivity index is 1.76. The van der Waals surface area contributed by atoms with E-state index in [4.69, 9.17) is 21.8 Å². The van der Waals surface area contributed by atoms with Gasteiger partial charge in [-0.2, -0.15) is 10.2 Å². The Morgan fingerprint density at radius 2 is 1.41 bits per heavy atom. The van der Waals surface area contributed by atoms with E-state index in [0.717, 1.165) is 27.0 Å². The van der Waals surface area contributed by atoms with Gasteiger partial charge in [0.15, 0.2) is 5.84 Å². The fraction of sp³-hybridized carbons (Fsp3) is 0. The van der Waals surface area contributed by atoms with Crippen molar-refractivity contribution in [2.75, 3.05) is 10.4 Å². The van der Waals surface area contributed by atoms with Crippen molar-refractivity contribution in [2.24, 2.45) is 10.2 Å². The Labute approximate surface area is 201 Å². The van der Waals surface area contributed by atoms with Crippen molar-refractivity contribution in [3.63, 3.8) is 0 Å². The lowest BCUT2D eigenvalue weighted by atomic mass is 10.2. The maximum absolute atomic E-state index is 6.02. The number of hydrazone groups is 2. The smallest absolute Gasteiger partial charge is 0.181 e. The summed E-state index contributed by atoms with van der Waals surface area (Å²) in [5, 5.41) is 12.0. The van der Waals surface area contributed by atoms with E-state index < -0.39 is 0 Å². The Morgan fingerprint density at radius 1 is 0.781 bits per heavy atom. The second kappa shape index (κ2) is 10.8. The fourth-order valence-corrected chi connectivity index (χ4v) is 3.34. The third kappa shape index (κ3) is 5.84. The summed E-state index contributed by atoms with van der Waals surface area (Å²) in [5.41, 5.74) is 6.78. The Morgan fingerprint density at radius 3 is 2.06 bits per heavy atom. The van der Waals surface area contributed by atoms with E-state index in [-0.39, 0.29) is 0 Å². The third-order valence-electron chi connectivity index (χ3n) is 4.56. The molecule has 4 aromatic rings. The molecule has 0 aliphatic rings. The summed E-state index contributed by atoms with van der Waals surface area (Å²) in [6, 6.07) is 35.3. The molecular weight excluding hydrogens is 484 g/mol. The topological polar surface area (TPSA) is 40.0 Å². The molecule has 0 heterocycles. The molecule has 1 N–H and O–H groups in total. The van der Waals surface area contributed by atoms with E-state index in [1.54, 1.807) is 6.21 Å². The van der Waals surface area contributed by atoms with Crippen LogP contribution in [0, 0.1) is 0 Å². The third-order valence-corrected chi connectivity index (χ3v) is 5.34. The summed E-state index contributed by atoms with van der Waals surface area (Å²) < 4.78 is 1.01. The number of halogens is 2. The Bertz CT molecular complexity index is 1190. The van der Waals surface area contributed by atoms with Crippen molar-refractivity contribution < 1.29 is 0 Å². The molecule has 0 aromatic heterocycles. The van der Waals surface area contributed by atoms with E-state index in [1.807, 2.05) is 114 Å². The molecule has 4 aromatic carbocycles. The molecule has 0 unspecified atom stereocenters. The van der Waals surface area contributed by atoms with Gasteiger partial charge in [0.05, 0.1) is 17.6 Å². The first-order valence-corrected chi connectivity index (χ1v) is 11.2. The summed E-state index contributed by atoms with van der Waals surface area (Å²) in [6.45, 7) is 0. The van der Waals surface area contributed by atoms with Crippen LogP contribution < -0.4 is 10.4 Å². The first-order valence-electron chi connectivity index (χ1n) is 9.98. The van der Waals surface area contributed by atoms with E-state index in [1.165, 1.54) is 0 Å². The van der Waals surface area contributed by atoms with Gasteiger partial charge in [0.25, 0.3) is 0 Å². The fourth-order valence-electron chi connectivity index (χ4n) is 2.95. The van der Waals surface area contributed by atoms with Crippen LogP contribution >= 0.6 is 27.5 Å². The van der Waals surface area contributed by atoms with Crippen LogP contribution in [0.2, 0.25) is 5.02 Å². The molecule has 4 rings (SSSR count). The number of anilines is 2. The lowest BCUT2D eigenvalue weighted by Gasteiger charge is -2.21. The van der Waals surface area contributed by atoms with E-state index in [2.05, 4.69) is 21.4 Å². The van der Waals surface area contributed by atoms with Crippen LogP contribution in [0.5, 0.6) is 0 Å². The molecule has 158 valence electrons. The molecule has 0 radical (unpaired) electrons. The van der Waals surface area contributed by atoms with Crippen molar-refractivity contribution in [3.8, 4) is 0 Å². The van der Waals surface area contributed by atoms with Crippen molar-refractivity contribution >= 4 is 51.0 Å². The number of amidine groups is 1. The normalized spacial score (nSPS) is 11.5. The molecule has 0 amide bonds. The van der Waals surface area contributed by atoms with Gasteiger partial charge in [-0.05, 0) is 54.1 Å². The zero-order chi connectivity index (χ0) is 22.2. The molecule has 0 saturated heterocycles. The summed E-state index contributed by atoms with van der Waals surface area (Å²) in [4.78, 5) is 0. The maximum atomic E-state index is 6.02. The van der Waals surface area contributed by atoms with Crippen molar-refractivity contribution in [1.82, 2.24) is 0 Å². The van der Waals surface area contributed by atoms with Crippen LogP contribution in [-0.2, 0) is 0 Å². The van der Waals surface area contributed by atoms with Gasteiger partial charge in [-0.1, -0.05) is 88.2 Å². The van der Waals surface area contributed by atoms with Crippen LogP contribution in [0.25, 0.3) is 0 Å². The molecule has 0 atom stereocenters. The van der Waals surface area contributed by atoms with Gasteiger partial charge in [0, 0.05) is 15.1 Å². The first-order chi connectivity index (χ1) is 15.7. The highest BCUT2D eigenvalue weighted by Crippen LogP contribution is 2.20. The molecule has 0 fully saturated rings. The van der Waals surface area contributed by atoms with E-state index in [9.17, 15) is 0 Å². The molecule has 0 aliphatic heterocycles. The van der Waals surface area contributed by atoms with Gasteiger partial charge in [0.1, 0.15) is 0 Å². The van der Waals surface area contributed by atoms with Gasteiger partial charge >= 0.3 is 0 Å². The molecular formula is C26H20BrClN4. The second-order valence-corrected chi connectivity index (χ2v) is 8.22. The minimum absolute atomic E-state index is 0.657. The van der Waals surface area contributed by atoms with Gasteiger partial charge in [-0.15, -0.1) is 0 Å². The van der Waals surface area contributed by atoms with E-state index >= 15 is 0 Å². The number of hydrogen-bond donors (Lipinski definition) is 1. The van der Waals surface area contributed by atoms with E-state index in [0.29, 0.717) is 10.9 Å². The van der Waals surface area contributed by atoms with Gasteiger partial charge in [-0.25, -0.2) is 5.01 Å². The van der Waals surface area contributed by atoms with Gasteiger partial charge in [0.2, 0.25) is 0 Å². The molecule has 0 spiro atoms. The average molecular weight is 504 g/mol. The standard InChI is InChI=1S/C26H20BrClN4/c27-22-13-17-24(18-14-22)30-31-26(21-7-3-1-4-8-21)32(25-9-5-2-6-10-25)29-19-20-11-15-23(28)16-12-20/h1-19,30H. The molecule has 0 saturated carbocycles. The molecule has 6 heteroatoms. The summed E-state index contributed by atoms with van der Waals surface area (Å²) >= 11 is 9.49. The minimum atomic E-state index is 0.657. The molecule has 0 bridgehead atoms. The average Bonchev–Trinajstić information content (AvgIpc) is 2.84. The highest BCUT2D eigenvalue weighted by Gasteiger charge is 2.15. The monoisotopic (exact) mass is 502 g/mol. The number of nitrogens with zero attached hydrogens (tertiary/aromatic N) is 3. The Kier molecular flexibility index (Phi) is 7.33. The number of para-hydroxylation sites is 1. The highest BCUT2D eigenvalue weighted by molar-refractivity contribution is 9.10. The Hall–Kier alpha value is -3.41. The van der Waals surface area contributed by atoms with Crippen LogP contribution in [-0.4, -0.2) is 12.1 Å². The number of nitrogens with one attached hydrogen (secondary N) is 1. The van der Waals surface area contributed by atoms with Crippen molar-refractivity contribution in [2.45, 2.75) is 0 Å².